The third-order valence-corrected chi connectivity index (χ3v) is 3.74. The number of hydrogen-bond acceptors (Lipinski definition) is 4. The molecule has 0 radical (unpaired) electrons. The number of methoxy groups -OCH3 is 1. The molecule has 0 aliphatic rings. The van der Waals surface area contributed by atoms with Crippen LogP contribution in [-0.2, 0) is 11.3 Å². The Morgan fingerprint density at radius 2 is 2.12 bits per heavy atom. The topological polar surface area (TPSA) is 48.1 Å². The molecule has 2 rings (SSSR count). The van der Waals surface area contributed by atoms with Gasteiger partial charge in [0.2, 0.25) is 0 Å². The number of rotatable bonds is 4. The number of nitrogens with two attached hydrogens (primary N) is 1. The maximum absolute atomic E-state index is 5.68. The van der Waals surface area contributed by atoms with Gasteiger partial charge in [-0.25, -0.2) is 4.98 Å². The van der Waals surface area contributed by atoms with Crippen molar-refractivity contribution in [2.45, 2.75) is 6.61 Å². The summed E-state index contributed by atoms with van der Waals surface area (Å²) in [7, 11) is 1.63. The molecule has 1 aromatic heterocycles. The third kappa shape index (κ3) is 2.69. The minimum absolute atomic E-state index is 0.372. The fourth-order valence-corrected chi connectivity index (χ4v) is 2.65. The molecule has 2 aromatic rings. The molecule has 0 saturated carbocycles. The van der Waals surface area contributed by atoms with Crippen molar-refractivity contribution in [2.24, 2.45) is 5.73 Å². The Morgan fingerprint density at radius 1 is 1.41 bits per heavy atom. The van der Waals surface area contributed by atoms with Gasteiger partial charge in [-0.05, 0) is 0 Å². The molecular weight excluding hydrogens is 252 g/mol. The van der Waals surface area contributed by atoms with Gasteiger partial charge in [-0.2, -0.15) is 0 Å². The van der Waals surface area contributed by atoms with Crippen molar-refractivity contribution in [1.82, 2.24) is 4.98 Å². The van der Waals surface area contributed by atoms with E-state index in [4.69, 9.17) is 22.7 Å². The second kappa shape index (κ2) is 5.35. The molecule has 0 aliphatic heterocycles. The second-order valence-electron chi connectivity index (χ2n) is 3.46. The van der Waals surface area contributed by atoms with Crippen molar-refractivity contribution in [3.8, 4) is 10.6 Å². The lowest BCUT2D eigenvalue weighted by Gasteiger charge is -1.97. The number of nitrogens with zero attached hydrogens (tertiary/aromatic N) is 1. The highest BCUT2D eigenvalue weighted by Crippen LogP contribution is 2.28. The van der Waals surface area contributed by atoms with Crippen LogP contribution in [0.1, 0.15) is 10.6 Å². The highest BCUT2D eigenvalue weighted by atomic mass is 32.1. The first-order valence-corrected chi connectivity index (χ1v) is 6.28. The lowest BCUT2D eigenvalue weighted by molar-refractivity contribution is 0.182. The summed E-state index contributed by atoms with van der Waals surface area (Å²) in [5, 5.41) is 0.917. The summed E-state index contributed by atoms with van der Waals surface area (Å²) in [5.74, 6) is 0. The summed E-state index contributed by atoms with van der Waals surface area (Å²) in [4.78, 5) is 5.72. The van der Waals surface area contributed by atoms with Crippen LogP contribution < -0.4 is 5.73 Å². The lowest BCUT2D eigenvalue weighted by Crippen LogP contribution is -2.10. The van der Waals surface area contributed by atoms with Crippen LogP contribution in [0, 0.1) is 0 Å². The van der Waals surface area contributed by atoms with Gasteiger partial charge in [0.05, 0.1) is 17.2 Å². The van der Waals surface area contributed by atoms with E-state index in [9.17, 15) is 0 Å². The zero-order valence-electron chi connectivity index (χ0n) is 9.34. The summed E-state index contributed by atoms with van der Waals surface area (Å²) in [6.07, 6.45) is 0. The molecule has 1 heterocycles. The molecule has 88 valence electrons. The first kappa shape index (κ1) is 12.2. The molecule has 0 spiro atoms. The van der Waals surface area contributed by atoms with E-state index in [0.717, 1.165) is 21.1 Å². The highest BCUT2D eigenvalue weighted by molar-refractivity contribution is 7.81. The first-order valence-electron chi connectivity index (χ1n) is 5.06. The van der Waals surface area contributed by atoms with Crippen LogP contribution in [0.2, 0.25) is 0 Å². The molecule has 0 fully saturated rings. The number of thiazole rings is 1. The molecule has 0 bridgehead atoms. The minimum Gasteiger partial charge on any atom is -0.389 e. The van der Waals surface area contributed by atoms with Crippen LogP contribution >= 0.6 is 23.6 Å². The molecule has 0 atom stereocenters. The Morgan fingerprint density at radius 3 is 2.71 bits per heavy atom. The van der Waals surface area contributed by atoms with Crippen molar-refractivity contribution >= 4 is 28.5 Å². The summed E-state index contributed by atoms with van der Waals surface area (Å²) >= 11 is 6.52. The second-order valence-corrected chi connectivity index (χ2v) is 4.90. The average molecular weight is 264 g/mol. The van der Waals surface area contributed by atoms with Gasteiger partial charge in [-0.15, -0.1) is 11.3 Å². The van der Waals surface area contributed by atoms with E-state index in [0.29, 0.717) is 11.6 Å². The molecule has 3 nitrogen and oxygen atoms in total. The van der Waals surface area contributed by atoms with Gasteiger partial charge in [0, 0.05) is 12.7 Å². The van der Waals surface area contributed by atoms with E-state index in [1.54, 1.807) is 7.11 Å². The predicted octanol–water partition coefficient (Wildman–Crippen LogP) is 2.59. The number of hydrogen-bond donors (Lipinski definition) is 1. The van der Waals surface area contributed by atoms with E-state index in [2.05, 4.69) is 4.98 Å². The van der Waals surface area contributed by atoms with Crippen molar-refractivity contribution < 1.29 is 4.74 Å². The van der Waals surface area contributed by atoms with Crippen LogP contribution in [0.4, 0.5) is 0 Å². The summed E-state index contributed by atoms with van der Waals surface area (Å²) < 4.78 is 5.10. The molecule has 1 aromatic carbocycles. The van der Waals surface area contributed by atoms with Crippen molar-refractivity contribution in [2.75, 3.05) is 7.11 Å². The molecule has 0 amide bonds. The van der Waals surface area contributed by atoms with Crippen molar-refractivity contribution in [3.05, 3.63) is 40.9 Å². The average Bonchev–Trinajstić information content (AvgIpc) is 2.75. The first-order chi connectivity index (χ1) is 8.22. The van der Waals surface area contributed by atoms with Crippen molar-refractivity contribution in [3.63, 3.8) is 0 Å². The van der Waals surface area contributed by atoms with Gasteiger partial charge in [0.25, 0.3) is 0 Å². The van der Waals surface area contributed by atoms with Gasteiger partial charge in [0.1, 0.15) is 10.00 Å². The fraction of sp³-hybridized carbons (Fsp3) is 0.167. The summed E-state index contributed by atoms with van der Waals surface area (Å²) in [6.45, 7) is 0.427. The Labute approximate surface area is 109 Å². The fourth-order valence-electron chi connectivity index (χ4n) is 1.48. The maximum Gasteiger partial charge on any atom is 0.124 e. The number of ether oxygens (including phenoxy) is 1. The Kier molecular flexibility index (Phi) is 3.83. The zero-order chi connectivity index (χ0) is 12.3. The Balaban J connectivity index is 2.44. The molecule has 0 saturated heterocycles. The summed E-state index contributed by atoms with van der Waals surface area (Å²) in [6, 6.07) is 9.96. The molecule has 17 heavy (non-hydrogen) atoms. The largest absolute Gasteiger partial charge is 0.389 e. The maximum atomic E-state index is 5.68. The quantitative estimate of drug-likeness (QED) is 0.862. The highest BCUT2D eigenvalue weighted by Gasteiger charge is 2.14. The molecule has 5 heteroatoms. The zero-order valence-corrected chi connectivity index (χ0v) is 11.0. The van der Waals surface area contributed by atoms with E-state index >= 15 is 0 Å². The third-order valence-electron chi connectivity index (χ3n) is 2.22. The van der Waals surface area contributed by atoms with Gasteiger partial charge in [-0.1, -0.05) is 42.5 Å². The van der Waals surface area contributed by atoms with E-state index in [1.807, 2.05) is 30.3 Å². The van der Waals surface area contributed by atoms with Gasteiger partial charge >= 0.3 is 0 Å². The molecular formula is C12H12N2OS2. The van der Waals surface area contributed by atoms with Crippen molar-refractivity contribution in [1.29, 1.82) is 0 Å². The standard InChI is InChI=1S/C12H12N2OS2/c1-15-7-9-10(11(13)16)17-12(14-9)8-5-3-2-4-6-8/h2-6H,7H2,1H3,(H2,13,16). The predicted molar refractivity (Wildman–Crippen MR) is 74.2 cm³/mol. The lowest BCUT2D eigenvalue weighted by atomic mass is 10.2. The van der Waals surface area contributed by atoms with Crippen LogP contribution in [0.5, 0.6) is 0 Å². The number of benzene rings is 1. The molecule has 0 unspecified atom stereocenters. The molecule has 2 N–H and O–H groups in total. The Hall–Kier alpha value is -1.30. The van der Waals surface area contributed by atoms with Crippen LogP contribution in [0.25, 0.3) is 10.6 Å². The van der Waals surface area contributed by atoms with E-state index in [-0.39, 0.29) is 0 Å². The van der Waals surface area contributed by atoms with Gasteiger partial charge in [0.15, 0.2) is 0 Å². The van der Waals surface area contributed by atoms with Gasteiger partial charge < -0.3 is 10.5 Å². The molecule has 0 aliphatic carbocycles. The monoisotopic (exact) mass is 264 g/mol. The van der Waals surface area contributed by atoms with Crippen LogP contribution in [0.3, 0.4) is 0 Å². The smallest absolute Gasteiger partial charge is 0.124 e. The van der Waals surface area contributed by atoms with Crippen LogP contribution in [0.15, 0.2) is 30.3 Å². The van der Waals surface area contributed by atoms with E-state index < -0.39 is 0 Å². The van der Waals surface area contributed by atoms with Gasteiger partial charge in [-0.3, -0.25) is 0 Å². The number of aromatic nitrogens is 1. The SMILES string of the molecule is COCc1nc(-c2ccccc2)sc1C(N)=S. The van der Waals surface area contributed by atoms with E-state index in [1.165, 1.54) is 11.3 Å². The number of thiocarbonyl (C=S) groups is 1. The normalized spacial score (nSPS) is 10.4. The minimum atomic E-state index is 0.372. The van der Waals surface area contributed by atoms with Crippen LogP contribution in [-0.4, -0.2) is 17.1 Å². The summed E-state index contributed by atoms with van der Waals surface area (Å²) in [5.41, 5.74) is 7.56. The Bertz CT molecular complexity index is 523.